The molecule has 1 heterocycles. The number of hydrogen-bond donors (Lipinski definition) is 3. The van der Waals surface area contributed by atoms with E-state index in [9.17, 15) is 19.2 Å². The van der Waals surface area contributed by atoms with E-state index in [0.29, 0.717) is 31.7 Å². The van der Waals surface area contributed by atoms with E-state index >= 15 is 0 Å². The second-order valence-electron chi connectivity index (χ2n) is 7.10. The van der Waals surface area contributed by atoms with E-state index in [2.05, 4.69) is 16.0 Å². The number of rotatable bonds is 7. The third kappa shape index (κ3) is 4.51. The average Bonchev–Trinajstić information content (AvgIpc) is 3.23. The summed E-state index contributed by atoms with van der Waals surface area (Å²) in [6.07, 6.45) is 2.93. The van der Waals surface area contributed by atoms with Gasteiger partial charge in [0.05, 0.1) is 17.2 Å². The van der Waals surface area contributed by atoms with Crippen molar-refractivity contribution in [2.45, 2.75) is 31.2 Å². The SMILES string of the molecule is COCCNC(=O)c1ccc(NC(=O)CN2C(=O)NC3(CCCC3)C2=O)cc1Cl. The molecule has 0 atom stereocenters. The van der Waals surface area contributed by atoms with Gasteiger partial charge in [0.15, 0.2) is 0 Å². The minimum absolute atomic E-state index is 0.164. The van der Waals surface area contributed by atoms with Crippen LogP contribution in [-0.2, 0) is 14.3 Å². The van der Waals surface area contributed by atoms with Gasteiger partial charge in [-0.15, -0.1) is 0 Å². The molecule has 1 aliphatic heterocycles. The maximum atomic E-state index is 12.6. The van der Waals surface area contributed by atoms with Crippen molar-refractivity contribution >= 4 is 41.0 Å². The van der Waals surface area contributed by atoms with Crippen LogP contribution in [0.5, 0.6) is 0 Å². The fourth-order valence-corrected chi connectivity index (χ4v) is 3.89. The van der Waals surface area contributed by atoms with Gasteiger partial charge >= 0.3 is 6.03 Å². The Kier molecular flexibility index (Phi) is 6.39. The summed E-state index contributed by atoms with van der Waals surface area (Å²) in [5, 5.41) is 8.15. The summed E-state index contributed by atoms with van der Waals surface area (Å²) in [6.45, 7) is 0.336. The second-order valence-corrected chi connectivity index (χ2v) is 7.51. The number of ether oxygens (including phenoxy) is 1. The lowest BCUT2D eigenvalue weighted by atomic mass is 9.98. The lowest BCUT2D eigenvalue weighted by Gasteiger charge is -2.19. The molecule has 9 nitrogen and oxygen atoms in total. The number of carbonyl (C=O) groups excluding carboxylic acids is 4. The number of amides is 5. The number of nitrogens with zero attached hydrogens (tertiary/aromatic N) is 1. The Balaban J connectivity index is 1.59. The van der Waals surface area contributed by atoms with E-state index in [1.807, 2.05) is 0 Å². The minimum Gasteiger partial charge on any atom is -0.383 e. The van der Waals surface area contributed by atoms with Gasteiger partial charge in [0.1, 0.15) is 12.1 Å². The van der Waals surface area contributed by atoms with Crippen molar-refractivity contribution in [1.82, 2.24) is 15.5 Å². The molecule has 10 heteroatoms. The van der Waals surface area contributed by atoms with Gasteiger partial charge in [0.2, 0.25) is 5.91 Å². The topological polar surface area (TPSA) is 117 Å². The number of carbonyl (C=O) groups is 4. The van der Waals surface area contributed by atoms with Crippen molar-refractivity contribution < 1.29 is 23.9 Å². The van der Waals surface area contributed by atoms with E-state index in [-0.39, 0.29) is 28.9 Å². The first-order valence-corrected chi connectivity index (χ1v) is 9.75. The zero-order valence-electron chi connectivity index (χ0n) is 16.0. The number of nitrogens with one attached hydrogen (secondary N) is 3. The maximum absolute atomic E-state index is 12.6. The molecule has 1 aromatic carbocycles. The Morgan fingerprint density at radius 2 is 2.00 bits per heavy atom. The van der Waals surface area contributed by atoms with Crippen molar-refractivity contribution in [3.63, 3.8) is 0 Å². The molecule has 3 N–H and O–H groups in total. The van der Waals surface area contributed by atoms with Gasteiger partial charge in [-0.05, 0) is 31.0 Å². The summed E-state index contributed by atoms with van der Waals surface area (Å²) in [7, 11) is 1.53. The van der Waals surface area contributed by atoms with Crippen molar-refractivity contribution in [3.05, 3.63) is 28.8 Å². The summed E-state index contributed by atoms with van der Waals surface area (Å²) < 4.78 is 4.87. The lowest BCUT2D eigenvalue weighted by molar-refractivity contribution is -0.133. The number of hydrogen-bond acceptors (Lipinski definition) is 5. The predicted octanol–water partition coefficient (Wildman–Crippen LogP) is 1.52. The molecule has 29 heavy (non-hydrogen) atoms. The Hall–Kier alpha value is -2.65. The monoisotopic (exact) mass is 422 g/mol. The van der Waals surface area contributed by atoms with Crippen LogP contribution in [0.2, 0.25) is 5.02 Å². The van der Waals surface area contributed by atoms with Gasteiger partial charge in [-0.1, -0.05) is 24.4 Å². The van der Waals surface area contributed by atoms with E-state index in [1.165, 1.54) is 25.3 Å². The third-order valence-corrected chi connectivity index (χ3v) is 5.41. The summed E-state index contributed by atoms with van der Waals surface area (Å²) >= 11 is 6.15. The first-order valence-electron chi connectivity index (χ1n) is 9.37. The highest BCUT2D eigenvalue weighted by Crippen LogP contribution is 2.35. The van der Waals surface area contributed by atoms with Gasteiger partial charge in [-0.2, -0.15) is 0 Å². The van der Waals surface area contributed by atoms with Crippen LogP contribution in [0.1, 0.15) is 36.0 Å². The van der Waals surface area contributed by atoms with E-state index in [0.717, 1.165) is 17.7 Å². The summed E-state index contributed by atoms with van der Waals surface area (Å²) in [6, 6.07) is 3.91. The highest BCUT2D eigenvalue weighted by Gasteiger charge is 2.52. The molecule has 1 saturated carbocycles. The number of imide groups is 1. The van der Waals surface area contributed by atoms with Crippen molar-refractivity contribution in [3.8, 4) is 0 Å². The summed E-state index contributed by atoms with van der Waals surface area (Å²) in [5.41, 5.74) is -0.229. The molecule has 2 aliphatic rings. The Morgan fingerprint density at radius 3 is 2.66 bits per heavy atom. The molecule has 1 aromatic rings. The highest BCUT2D eigenvalue weighted by molar-refractivity contribution is 6.34. The minimum atomic E-state index is -0.849. The van der Waals surface area contributed by atoms with Crippen molar-refractivity contribution in [2.24, 2.45) is 0 Å². The molecule has 1 saturated heterocycles. The molecule has 0 radical (unpaired) electrons. The molecular weight excluding hydrogens is 400 g/mol. The van der Waals surface area contributed by atoms with Gasteiger partial charge in [-0.3, -0.25) is 19.3 Å². The average molecular weight is 423 g/mol. The van der Waals surface area contributed by atoms with Crippen LogP contribution in [0.4, 0.5) is 10.5 Å². The fraction of sp³-hybridized carbons (Fsp3) is 0.474. The van der Waals surface area contributed by atoms with Gasteiger partial charge < -0.3 is 20.7 Å². The van der Waals surface area contributed by atoms with Crippen LogP contribution < -0.4 is 16.0 Å². The Labute approximate surface area is 173 Å². The molecule has 2 fully saturated rings. The van der Waals surface area contributed by atoms with Crippen LogP contribution >= 0.6 is 11.6 Å². The van der Waals surface area contributed by atoms with Crippen LogP contribution in [0.3, 0.4) is 0 Å². The second kappa shape index (κ2) is 8.79. The molecule has 5 amide bonds. The third-order valence-electron chi connectivity index (χ3n) is 5.09. The molecule has 1 spiro atoms. The van der Waals surface area contributed by atoms with Crippen LogP contribution in [0, 0.1) is 0 Å². The van der Waals surface area contributed by atoms with E-state index in [1.54, 1.807) is 0 Å². The molecule has 0 aromatic heterocycles. The largest absolute Gasteiger partial charge is 0.383 e. The van der Waals surface area contributed by atoms with E-state index in [4.69, 9.17) is 16.3 Å². The normalized spacial score (nSPS) is 17.5. The van der Waals surface area contributed by atoms with Gasteiger partial charge in [0.25, 0.3) is 11.8 Å². The van der Waals surface area contributed by atoms with Gasteiger partial charge in [-0.25, -0.2) is 4.79 Å². The molecule has 3 rings (SSSR count). The number of methoxy groups -OCH3 is 1. The first kappa shape index (κ1) is 21.1. The highest BCUT2D eigenvalue weighted by atomic mass is 35.5. The summed E-state index contributed by atoms with van der Waals surface area (Å²) in [5.74, 6) is -1.24. The van der Waals surface area contributed by atoms with Crippen molar-refractivity contribution in [1.29, 1.82) is 0 Å². The standard InChI is InChI=1S/C19H23ClN4O5/c1-29-9-8-21-16(26)13-5-4-12(10-14(13)20)22-15(25)11-24-17(27)19(23-18(24)28)6-2-3-7-19/h4-5,10H,2-3,6-9,11H2,1H3,(H,21,26)(H,22,25)(H,23,28). The zero-order chi connectivity index (χ0) is 21.0. The van der Waals surface area contributed by atoms with Gasteiger partial charge in [0, 0.05) is 19.3 Å². The Morgan fingerprint density at radius 1 is 1.28 bits per heavy atom. The van der Waals surface area contributed by atoms with Crippen molar-refractivity contribution in [2.75, 3.05) is 32.1 Å². The smallest absolute Gasteiger partial charge is 0.325 e. The maximum Gasteiger partial charge on any atom is 0.325 e. The van der Waals surface area contributed by atoms with E-state index < -0.39 is 17.5 Å². The summed E-state index contributed by atoms with van der Waals surface area (Å²) in [4.78, 5) is 50.1. The predicted molar refractivity (Wildman–Crippen MR) is 106 cm³/mol. The fourth-order valence-electron chi connectivity index (χ4n) is 3.62. The number of anilines is 1. The van der Waals surface area contributed by atoms with Crippen LogP contribution in [0.15, 0.2) is 18.2 Å². The number of benzene rings is 1. The molecule has 1 aliphatic carbocycles. The molecule has 156 valence electrons. The number of halogens is 1. The zero-order valence-corrected chi connectivity index (χ0v) is 16.8. The molecular formula is C19H23ClN4O5. The quantitative estimate of drug-likeness (QED) is 0.455. The van der Waals surface area contributed by atoms with Crippen LogP contribution in [-0.4, -0.2) is 61.0 Å². The number of urea groups is 1. The Bertz CT molecular complexity index is 838. The lowest BCUT2D eigenvalue weighted by Crippen LogP contribution is -2.44. The first-order chi connectivity index (χ1) is 13.9. The van der Waals surface area contributed by atoms with Crippen LogP contribution in [0.25, 0.3) is 0 Å². The molecule has 0 bridgehead atoms. The molecule has 0 unspecified atom stereocenters.